The van der Waals surface area contributed by atoms with E-state index in [1.54, 1.807) is 30.3 Å². The lowest BCUT2D eigenvalue weighted by molar-refractivity contribution is 0.103. The van der Waals surface area contributed by atoms with Crippen LogP contribution in [0.2, 0.25) is 0 Å². The van der Waals surface area contributed by atoms with Gasteiger partial charge in [-0.25, -0.2) is 0 Å². The van der Waals surface area contributed by atoms with E-state index in [1.807, 2.05) is 0 Å². The maximum atomic E-state index is 11.4. The van der Waals surface area contributed by atoms with Crippen LogP contribution < -0.4 is 0 Å². The topological polar surface area (TPSA) is 65.8 Å². The molecule has 64 valence electrons. The molecular formula is C9H7N3O. The number of allylic oxidation sites excluding steroid dienone is 1. The molecule has 0 bridgehead atoms. The lowest BCUT2D eigenvalue weighted by atomic mass is 10.1. The summed E-state index contributed by atoms with van der Waals surface area (Å²) < 4.78 is 0. The number of carbonyl (C=O) groups excluding carboxylic acids is 1. The quantitative estimate of drug-likeness (QED) is 0.228. The second-order valence-electron chi connectivity index (χ2n) is 2.33. The number of carbonyl (C=O) groups is 1. The van der Waals surface area contributed by atoms with E-state index in [0.717, 1.165) is 0 Å². The zero-order valence-corrected chi connectivity index (χ0v) is 6.84. The largest absolute Gasteiger partial charge is 0.289 e. The van der Waals surface area contributed by atoms with Gasteiger partial charge in [-0.1, -0.05) is 42.0 Å². The molecule has 0 saturated heterocycles. The molecule has 0 aliphatic carbocycles. The minimum Gasteiger partial charge on any atom is -0.289 e. The van der Waals surface area contributed by atoms with E-state index in [2.05, 4.69) is 16.6 Å². The fourth-order valence-electron chi connectivity index (χ4n) is 0.856. The number of benzene rings is 1. The molecule has 0 N–H and O–H groups in total. The first-order valence-corrected chi connectivity index (χ1v) is 3.59. The van der Waals surface area contributed by atoms with Gasteiger partial charge in [0, 0.05) is 10.5 Å². The van der Waals surface area contributed by atoms with Gasteiger partial charge in [-0.2, -0.15) is 0 Å². The number of nitrogens with zero attached hydrogens (tertiary/aromatic N) is 3. The smallest absolute Gasteiger partial charge is 0.194 e. The molecule has 0 heterocycles. The Labute approximate surface area is 75.1 Å². The molecule has 1 aromatic carbocycles. The molecule has 1 rings (SSSR count). The molecule has 1 aromatic rings. The van der Waals surface area contributed by atoms with Gasteiger partial charge in [-0.05, 0) is 5.53 Å². The van der Waals surface area contributed by atoms with Gasteiger partial charge in [0.1, 0.15) is 0 Å². The highest BCUT2D eigenvalue weighted by Gasteiger charge is 2.06. The van der Waals surface area contributed by atoms with Crippen molar-refractivity contribution in [1.82, 2.24) is 0 Å². The highest BCUT2D eigenvalue weighted by atomic mass is 16.1. The van der Waals surface area contributed by atoms with Gasteiger partial charge in [-0.15, -0.1) is 0 Å². The van der Waals surface area contributed by atoms with Crippen LogP contribution in [0.15, 0.2) is 47.7 Å². The van der Waals surface area contributed by atoms with Crippen molar-refractivity contribution in [2.24, 2.45) is 5.11 Å². The summed E-state index contributed by atoms with van der Waals surface area (Å²) in [6.07, 6.45) is 0. The van der Waals surface area contributed by atoms with Crippen LogP contribution in [-0.4, -0.2) is 5.78 Å². The first-order valence-electron chi connectivity index (χ1n) is 3.59. The van der Waals surface area contributed by atoms with Crippen molar-refractivity contribution in [2.45, 2.75) is 0 Å². The molecule has 0 aliphatic rings. The summed E-state index contributed by atoms with van der Waals surface area (Å²) >= 11 is 0. The van der Waals surface area contributed by atoms with E-state index in [0.29, 0.717) is 5.56 Å². The predicted molar refractivity (Wildman–Crippen MR) is 49.1 cm³/mol. The second kappa shape index (κ2) is 4.09. The zero-order valence-electron chi connectivity index (χ0n) is 6.84. The van der Waals surface area contributed by atoms with Crippen LogP contribution in [-0.2, 0) is 0 Å². The third kappa shape index (κ3) is 2.18. The Morgan fingerprint density at radius 1 is 1.38 bits per heavy atom. The van der Waals surface area contributed by atoms with Crippen LogP contribution >= 0.6 is 0 Å². The van der Waals surface area contributed by atoms with E-state index in [9.17, 15) is 4.79 Å². The molecule has 0 aromatic heterocycles. The van der Waals surface area contributed by atoms with Crippen molar-refractivity contribution in [3.05, 3.63) is 58.6 Å². The number of rotatable bonds is 3. The van der Waals surface area contributed by atoms with Crippen LogP contribution in [0.5, 0.6) is 0 Å². The van der Waals surface area contributed by atoms with E-state index >= 15 is 0 Å². The lowest BCUT2D eigenvalue weighted by Crippen LogP contribution is -1.98. The van der Waals surface area contributed by atoms with Crippen LogP contribution in [0.3, 0.4) is 0 Å². The van der Waals surface area contributed by atoms with Crippen molar-refractivity contribution in [2.75, 3.05) is 0 Å². The van der Waals surface area contributed by atoms with E-state index in [1.165, 1.54) is 0 Å². The Morgan fingerprint density at radius 2 is 2.00 bits per heavy atom. The molecule has 0 saturated carbocycles. The Bertz CT molecular complexity index is 377. The molecule has 13 heavy (non-hydrogen) atoms. The summed E-state index contributed by atoms with van der Waals surface area (Å²) in [6.45, 7) is 3.35. The molecule has 0 amide bonds. The number of Topliss-reactive ketones (excluding diaryl/α,β-unsaturated/α-hetero) is 1. The van der Waals surface area contributed by atoms with Gasteiger partial charge in [0.05, 0.1) is 5.70 Å². The monoisotopic (exact) mass is 173 g/mol. The maximum Gasteiger partial charge on any atom is 0.194 e. The summed E-state index contributed by atoms with van der Waals surface area (Å²) in [5.74, 6) is -0.349. The van der Waals surface area contributed by atoms with Gasteiger partial charge in [0.25, 0.3) is 0 Å². The molecule has 0 spiro atoms. The van der Waals surface area contributed by atoms with Crippen molar-refractivity contribution >= 4 is 5.78 Å². The molecule has 0 fully saturated rings. The summed E-state index contributed by atoms with van der Waals surface area (Å²) in [5, 5.41) is 3.14. The Morgan fingerprint density at radius 3 is 2.54 bits per heavy atom. The maximum absolute atomic E-state index is 11.4. The number of hydrogen-bond donors (Lipinski definition) is 0. The van der Waals surface area contributed by atoms with Gasteiger partial charge in [0.15, 0.2) is 5.78 Å². The first kappa shape index (κ1) is 9.03. The molecule has 0 atom stereocenters. The lowest BCUT2D eigenvalue weighted by Gasteiger charge is -1.96. The van der Waals surface area contributed by atoms with Gasteiger partial charge >= 0.3 is 0 Å². The van der Waals surface area contributed by atoms with Crippen LogP contribution in [0, 0.1) is 0 Å². The predicted octanol–water partition coefficient (Wildman–Crippen LogP) is 2.69. The fraction of sp³-hybridized carbons (Fsp3) is 0. The van der Waals surface area contributed by atoms with E-state index < -0.39 is 0 Å². The summed E-state index contributed by atoms with van der Waals surface area (Å²) in [5.41, 5.74) is 8.46. The summed E-state index contributed by atoms with van der Waals surface area (Å²) in [6, 6.07) is 8.54. The summed E-state index contributed by atoms with van der Waals surface area (Å²) in [7, 11) is 0. The molecule has 4 nitrogen and oxygen atoms in total. The first-order chi connectivity index (χ1) is 6.25. The fourth-order valence-corrected chi connectivity index (χ4v) is 0.856. The number of ketones is 1. The van der Waals surface area contributed by atoms with Crippen molar-refractivity contribution in [3.8, 4) is 0 Å². The highest BCUT2D eigenvalue weighted by molar-refractivity contribution is 6.07. The van der Waals surface area contributed by atoms with Gasteiger partial charge in [0.2, 0.25) is 0 Å². The average Bonchev–Trinajstić information content (AvgIpc) is 2.18. The van der Waals surface area contributed by atoms with E-state index in [-0.39, 0.29) is 11.5 Å². The standard InChI is InChI=1S/C9H7N3O/c1-7(11-12-10)9(13)8-5-3-2-4-6-8/h2-6H,1H2. The van der Waals surface area contributed by atoms with Crippen molar-refractivity contribution < 1.29 is 4.79 Å². The normalized spacial score (nSPS) is 8.62. The van der Waals surface area contributed by atoms with Crippen molar-refractivity contribution in [1.29, 1.82) is 0 Å². The minimum atomic E-state index is -0.349. The Balaban J connectivity index is 2.92. The van der Waals surface area contributed by atoms with Gasteiger partial charge < -0.3 is 0 Å². The molecule has 0 radical (unpaired) electrons. The van der Waals surface area contributed by atoms with Crippen LogP contribution in [0.25, 0.3) is 10.4 Å². The number of azide groups is 1. The van der Waals surface area contributed by atoms with Gasteiger partial charge in [-0.3, -0.25) is 4.79 Å². The molecule has 4 heteroatoms. The Kier molecular flexibility index (Phi) is 2.84. The second-order valence-corrected chi connectivity index (χ2v) is 2.33. The zero-order chi connectivity index (χ0) is 9.68. The third-order valence-corrected chi connectivity index (χ3v) is 1.46. The molecular weight excluding hydrogens is 166 g/mol. The Hall–Kier alpha value is -2.06. The third-order valence-electron chi connectivity index (χ3n) is 1.46. The molecule has 0 unspecified atom stereocenters. The van der Waals surface area contributed by atoms with Crippen LogP contribution in [0.1, 0.15) is 10.4 Å². The number of hydrogen-bond acceptors (Lipinski definition) is 2. The molecule has 0 aliphatic heterocycles. The summed E-state index contributed by atoms with van der Waals surface area (Å²) in [4.78, 5) is 13.9. The minimum absolute atomic E-state index is 0.0892. The average molecular weight is 173 g/mol. The highest BCUT2D eigenvalue weighted by Crippen LogP contribution is 2.07. The van der Waals surface area contributed by atoms with E-state index in [4.69, 9.17) is 5.53 Å². The SMILES string of the molecule is C=C(N=[N+]=[N-])C(=O)c1ccccc1. The van der Waals surface area contributed by atoms with Crippen LogP contribution in [0.4, 0.5) is 0 Å². The van der Waals surface area contributed by atoms with Crippen molar-refractivity contribution in [3.63, 3.8) is 0 Å².